The Morgan fingerprint density at radius 1 is 1.37 bits per heavy atom. The van der Waals surface area contributed by atoms with Gasteiger partial charge in [0.05, 0.1) is 5.60 Å². The summed E-state index contributed by atoms with van der Waals surface area (Å²) < 4.78 is 0. The van der Waals surface area contributed by atoms with Gasteiger partial charge in [-0.15, -0.1) is 0 Å². The van der Waals surface area contributed by atoms with Gasteiger partial charge in [-0.25, -0.2) is 0 Å². The predicted octanol–water partition coefficient (Wildman–Crippen LogP) is 1.94. The van der Waals surface area contributed by atoms with Crippen molar-refractivity contribution in [3.63, 3.8) is 0 Å². The highest BCUT2D eigenvalue weighted by Crippen LogP contribution is 2.29. The minimum atomic E-state index is -0.586. The first-order chi connectivity index (χ1) is 9.13. The van der Waals surface area contributed by atoms with Gasteiger partial charge in [-0.05, 0) is 31.5 Å². The van der Waals surface area contributed by atoms with Crippen LogP contribution in [0.3, 0.4) is 0 Å². The maximum atomic E-state index is 11.8. The molecule has 0 aliphatic heterocycles. The van der Waals surface area contributed by atoms with Gasteiger partial charge in [0.1, 0.15) is 0 Å². The summed E-state index contributed by atoms with van der Waals surface area (Å²) in [6, 6.07) is 7.39. The Kier molecular flexibility index (Phi) is 4.56. The lowest BCUT2D eigenvalue weighted by Crippen LogP contribution is -2.33. The lowest BCUT2D eigenvalue weighted by Gasteiger charge is -2.23. The van der Waals surface area contributed by atoms with E-state index < -0.39 is 5.60 Å². The number of aliphatic hydroxyl groups is 1. The van der Waals surface area contributed by atoms with Crippen LogP contribution in [-0.2, 0) is 0 Å². The van der Waals surface area contributed by atoms with Crippen LogP contribution in [0.4, 0.5) is 5.69 Å². The van der Waals surface area contributed by atoms with Gasteiger partial charge in [0.2, 0.25) is 0 Å². The molecular formula is C15H22N2O2. The summed E-state index contributed by atoms with van der Waals surface area (Å²) in [6.45, 7) is 0.914. The molecule has 0 bridgehead atoms. The van der Waals surface area contributed by atoms with Gasteiger partial charge in [-0.3, -0.25) is 4.79 Å². The summed E-state index contributed by atoms with van der Waals surface area (Å²) >= 11 is 0. The second-order valence-corrected chi connectivity index (χ2v) is 5.33. The Morgan fingerprint density at radius 2 is 2.11 bits per heavy atom. The Bertz CT molecular complexity index is 440. The van der Waals surface area contributed by atoms with Crippen LogP contribution in [0.2, 0.25) is 0 Å². The van der Waals surface area contributed by atoms with Crippen LogP contribution < -0.4 is 11.1 Å². The molecule has 1 saturated carbocycles. The van der Waals surface area contributed by atoms with Crippen molar-refractivity contribution in [3.05, 3.63) is 29.8 Å². The lowest BCUT2D eigenvalue weighted by atomic mass is 10.0. The van der Waals surface area contributed by atoms with Crippen molar-refractivity contribution in [2.75, 3.05) is 18.4 Å². The van der Waals surface area contributed by atoms with E-state index in [2.05, 4.69) is 5.32 Å². The number of carbonyl (C=O) groups is 1. The Morgan fingerprint density at radius 3 is 2.79 bits per heavy atom. The molecule has 19 heavy (non-hydrogen) atoms. The highest BCUT2D eigenvalue weighted by molar-refractivity contribution is 5.97. The topological polar surface area (TPSA) is 75.4 Å². The zero-order valence-corrected chi connectivity index (χ0v) is 11.2. The number of Topliss-reactive ketones (excluding diaryl/α,β-unsaturated/α-hetero) is 1. The summed E-state index contributed by atoms with van der Waals surface area (Å²) in [5.74, 6) is 0.0609. The van der Waals surface area contributed by atoms with Gasteiger partial charge in [-0.1, -0.05) is 25.0 Å². The number of nitrogens with two attached hydrogens (primary N) is 1. The van der Waals surface area contributed by atoms with Crippen LogP contribution >= 0.6 is 0 Å². The van der Waals surface area contributed by atoms with E-state index in [4.69, 9.17) is 5.73 Å². The average Bonchev–Trinajstić information content (AvgIpc) is 2.85. The van der Waals surface area contributed by atoms with E-state index >= 15 is 0 Å². The molecule has 0 aromatic heterocycles. The number of anilines is 1. The van der Waals surface area contributed by atoms with E-state index in [-0.39, 0.29) is 5.78 Å². The zero-order valence-electron chi connectivity index (χ0n) is 11.2. The fourth-order valence-corrected chi connectivity index (χ4v) is 2.55. The van der Waals surface area contributed by atoms with Crippen molar-refractivity contribution >= 4 is 11.5 Å². The molecule has 0 saturated heterocycles. The maximum absolute atomic E-state index is 11.8. The molecule has 1 aliphatic carbocycles. The van der Waals surface area contributed by atoms with Crippen LogP contribution in [-0.4, -0.2) is 29.6 Å². The smallest absolute Gasteiger partial charge is 0.164 e. The number of benzene rings is 1. The number of rotatable bonds is 6. The average molecular weight is 262 g/mol. The van der Waals surface area contributed by atoms with Gasteiger partial charge in [0.15, 0.2) is 5.78 Å². The molecule has 0 heterocycles. The van der Waals surface area contributed by atoms with E-state index in [1.165, 1.54) is 0 Å². The summed E-state index contributed by atoms with van der Waals surface area (Å²) in [5.41, 5.74) is 6.36. The van der Waals surface area contributed by atoms with Crippen LogP contribution in [0, 0.1) is 0 Å². The molecule has 4 heteroatoms. The quantitative estimate of drug-likeness (QED) is 0.685. The SMILES string of the molecule is NCCC(=O)c1cccc(NCC2(O)CCCC2)c1. The second kappa shape index (κ2) is 6.17. The van der Waals surface area contributed by atoms with Crippen molar-refractivity contribution < 1.29 is 9.90 Å². The van der Waals surface area contributed by atoms with Gasteiger partial charge >= 0.3 is 0 Å². The van der Waals surface area contributed by atoms with E-state index in [0.717, 1.165) is 31.4 Å². The predicted molar refractivity (Wildman–Crippen MR) is 76.4 cm³/mol. The monoisotopic (exact) mass is 262 g/mol. The fraction of sp³-hybridized carbons (Fsp3) is 0.533. The molecule has 104 valence electrons. The highest BCUT2D eigenvalue weighted by atomic mass is 16.3. The molecule has 0 radical (unpaired) electrons. The molecule has 0 atom stereocenters. The molecule has 4 N–H and O–H groups in total. The van der Waals surface area contributed by atoms with Crippen molar-refractivity contribution in [2.24, 2.45) is 5.73 Å². The first-order valence-corrected chi connectivity index (χ1v) is 6.93. The Balaban J connectivity index is 1.97. The normalized spacial score (nSPS) is 17.4. The first-order valence-electron chi connectivity index (χ1n) is 6.93. The Labute approximate surface area is 114 Å². The van der Waals surface area contributed by atoms with Crippen LogP contribution in [0.5, 0.6) is 0 Å². The zero-order chi connectivity index (χ0) is 13.7. The number of nitrogens with one attached hydrogen (secondary N) is 1. The third kappa shape index (κ3) is 3.78. The van der Waals surface area contributed by atoms with Gasteiger partial charge in [0.25, 0.3) is 0 Å². The lowest BCUT2D eigenvalue weighted by molar-refractivity contribution is 0.0615. The molecule has 1 aromatic rings. The highest BCUT2D eigenvalue weighted by Gasteiger charge is 2.30. The first kappa shape index (κ1) is 14.0. The third-order valence-electron chi connectivity index (χ3n) is 3.71. The molecule has 4 nitrogen and oxygen atoms in total. The van der Waals surface area contributed by atoms with Gasteiger partial charge in [-0.2, -0.15) is 0 Å². The van der Waals surface area contributed by atoms with Crippen molar-refractivity contribution in [1.82, 2.24) is 0 Å². The number of hydrogen-bond donors (Lipinski definition) is 3. The summed E-state index contributed by atoms with van der Waals surface area (Å²) in [7, 11) is 0. The summed E-state index contributed by atoms with van der Waals surface area (Å²) in [6.07, 6.45) is 4.26. The minimum absolute atomic E-state index is 0.0609. The minimum Gasteiger partial charge on any atom is -0.388 e. The van der Waals surface area contributed by atoms with Crippen molar-refractivity contribution in [1.29, 1.82) is 0 Å². The number of ketones is 1. The van der Waals surface area contributed by atoms with Crippen molar-refractivity contribution in [2.45, 2.75) is 37.7 Å². The third-order valence-corrected chi connectivity index (χ3v) is 3.71. The molecule has 1 aliphatic rings. The van der Waals surface area contributed by atoms with E-state index in [1.807, 2.05) is 18.2 Å². The fourth-order valence-electron chi connectivity index (χ4n) is 2.55. The maximum Gasteiger partial charge on any atom is 0.164 e. The van der Waals surface area contributed by atoms with Crippen LogP contribution in [0.1, 0.15) is 42.5 Å². The molecule has 2 rings (SSSR count). The standard InChI is InChI=1S/C15H22N2O2/c16-9-6-14(18)12-4-3-5-13(10-12)17-11-15(19)7-1-2-8-15/h3-5,10,17,19H,1-2,6-9,11,16H2. The summed E-state index contributed by atoms with van der Waals surface area (Å²) in [5, 5.41) is 13.5. The van der Waals surface area contributed by atoms with Crippen molar-refractivity contribution in [3.8, 4) is 0 Å². The van der Waals surface area contributed by atoms with E-state index in [9.17, 15) is 9.90 Å². The summed E-state index contributed by atoms with van der Waals surface area (Å²) in [4.78, 5) is 11.8. The van der Waals surface area contributed by atoms with E-state index in [0.29, 0.717) is 25.1 Å². The largest absolute Gasteiger partial charge is 0.388 e. The van der Waals surface area contributed by atoms with E-state index in [1.54, 1.807) is 6.07 Å². The van der Waals surface area contributed by atoms with Crippen LogP contribution in [0.15, 0.2) is 24.3 Å². The van der Waals surface area contributed by atoms with Gasteiger partial charge < -0.3 is 16.2 Å². The molecule has 0 amide bonds. The molecule has 1 aromatic carbocycles. The van der Waals surface area contributed by atoms with Gasteiger partial charge in [0, 0.05) is 24.2 Å². The molecule has 0 spiro atoms. The molecule has 0 unspecified atom stereocenters. The Hall–Kier alpha value is -1.39. The van der Waals surface area contributed by atoms with Crippen LogP contribution in [0.25, 0.3) is 0 Å². The molecule has 1 fully saturated rings. The second-order valence-electron chi connectivity index (χ2n) is 5.33. The molecular weight excluding hydrogens is 240 g/mol. The number of hydrogen-bond acceptors (Lipinski definition) is 4. The number of carbonyl (C=O) groups excluding carboxylic acids is 1.